The Morgan fingerprint density at radius 2 is 1.96 bits per heavy atom. The van der Waals surface area contributed by atoms with Crippen LogP contribution in [0.2, 0.25) is 0 Å². The van der Waals surface area contributed by atoms with Crippen LogP contribution in [0.15, 0.2) is 36.4 Å². The van der Waals surface area contributed by atoms with Gasteiger partial charge in [0.2, 0.25) is 0 Å². The molecule has 0 amide bonds. The molecule has 5 nitrogen and oxygen atoms in total. The van der Waals surface area contributed by atoms with Gasteiger partial charge in [-0.05, 0) is 36.2 Å². The van der Waals surface area contributed by atoms with E-state index in [4.69, 9.17) is 14.2 Å². The predicted molar refractivity (Wildman–Crippen MR) is 106 cm³/mol. The number of quaternary nitrogens is 1. The third kappa shape index (κ3) is 2.90. The Kier molecular flexibility index (Phi) is 4.37. The first kappa shape index (κ1) is 17.7. The van der Waals surface area contributed by atoms with Gasteiger partial charge in [-0.3, -0.25) is 9.28 Å². The number of fused-ring (bicyclic) bond motifs is 3. The average molecular weight is 380 g/mol. The second-order valence-corrected chi connectivity index (χ2v) is 7.95. The summed E-state index contributed by atoms with van der Waals surface area (Å²) in [6.07, 6.45) is 2.27. The number of hydrogen-bond donors (Lipinski definition) is 0. The summed E-state index contributed by atoms with van der Waals surface area (Å²) in [5, 5.41) is 0. The molecule has 2 heterocycles. The fourth-order valence-electron chi connectivity index (χ4n) is 4.34. The smallest absolute Gasteiger partial charge is 0.283 e. The van der Waals surface area contributed by atoms with E-state index in [2.05, 4.69) is 6.92 Å². The second kappa shape index (κ2) is 6.90. The summed E-state index contributed by atoms with van der Waals surface area (Å²) < 4.78 is 18.7. The van der Waals surface area contributed by atoms with Crippen molar-refractivity contribution in [2.75, 3.05) is 39.5 Å². The normalized spacial score (nSPS) is 21.3. The predicted octanol–water partition coefficient (Wildman–Crippen LogP) is 3.64. The molecule has 1 atom stereocenters. The van der Waals surface area contributed by atoms with Gasteiger partial charge in [0.25, 0.3) is 6.23 Å². The first-order valence-corrected chi connectivity index (χ1v) is 10.3. The number of nitrogens with zero attached hydrogens (tertiary/aromatic N) is 1. The highest BCUT2D eigenvalue weighted by molar-refractivity contribution is 6.22. The minimum Gasteiger partial charge on any atom is -0.493 e. The molecule has 3 aliphatic rings. The second-order valence-electron chi connectivity index (χ2n) is 7.95. The fraction of sp³-hybridized carbons (Fsp3) is 0.435. The molecule has 0 bridgehead atoms. The highest BCUT2D eigenvalue weighted by Gasteiger charge is 2.58. The summed E-state index contributed by atoms with van der Waals surface area (Å²) >= 11 is 0. The Labute approximate surface area is 165 Å². The first-order valence-electron chi connectivity index (χ1n) is 10.3. The number of ketones is 1. The number of rotatable bonds is 6. The van der Waals surface area contributed by atoms with Crippen LogP contribution in [-0.4, -0.2) is 55.9 Å². The first-order chi connectivity index (χ1) is 13.7. The molecule has 0 N–H and O–H groups in total. The molecule has 146 valence electrons. The SMILES string of the molecule is CCCCOc1cccc2c1-c1ccc(OC3C[N+]34CCOCC4)cc1C2=O. The van der Waals surface area contributed by atoms with Crippen LogP contribution < -0.4 is 9.47 Å². The molecule has 0 aromatic heterocycles. The van der Waals surface area contributed by atoms with Gasteiger partial charge in [-0.2, -0.15) is 0 Å². The van der Waals surface area contributed by atoms with Crippen LogP contribution in [0.1, 0.15) is 35.7 Å². The summed E-state index contributed by atoms with van der Waals surface area (Å²) in [5.74, 6) is 1.63. The van der Waals surface area contributed by atoms with Gasteiger partial charge < -0.3 is 14.2 Å². The zero-order chi connectivity index (χ0) is 19.1. The molecule has 2 saturated heterocycles. The lowest BCUT2D eigenvalue weighted by Crippen LogP contribution is -2.41. The Morgan fingerprint density at radius 1 is 1.11 bits per heavy atom. The van der Waals surface area contributed by atoms with E-state index in [1.807, 2.05) is 36.4 Å². The summed E-state index contributed by atoms with van der Waals surface area (Å²) in [7, 11) is 0. The van der Waals surface area contributed by atoms with Crippen molar-refractivity contribution in [3.8, 4) is 22.6 Å². The van der Waals surface area contributed by atoms with Crippen molar-refractivity contribution in [2.45, 2.75) is 26.0 Å². The van der Waals surface area contributed by atoms with E-state index in [1.165, 1.54) is 0 Å². The van der Waals surface area contributed by atoms with Crippen molar-refractivity contribution in [3.05, 3.63) is 47.5 Å². The maximum absolute atomic E-state index is 13.0. The molecule has 1 unspecified atom stereocenters. The van der Waals surface area contributed by atoms with Crippen LogP contribution in [-0.2, 0) is 4.74 Å². The molecule has 1 spiro atoms. The van der Waals surface area contributed by atoms with Gasteiger partial charge in [0.15, 0.2) is 12.3 Å². The van der Waals surface area contributed by atoms with Gasteiger partial charge >= 0.3 is 0 Å². The minimum absolute atomic E-state index is 0.0578. The van der Waals surface area contributed by atoms with Gasteiger partial charge in [0.05, 0.1) is 19.8 Å². The van der Waals surface area contributed by atoms with Gasteiger partial charge in [0.1, 0.15) is 24.6 Å². The maximum Gasteiger partial charge on any atom is 0.283 e. The molecule has 0 radical (unpaired) electrons. The lowest BCUT2D eigenvalue weighted by Gasteiger charge is -2.24. The largest absolute Gasteiger partial charge is 0.493 e. The van der Waals surface area contributed by atoms with E-state index in [0.717, 1.165) is 78.4 Å². The Morgan fingerprint density at radius 3 is 2.79 bits per heavy atom. The number of benzene rings is 2. The van der Waals surface area contributed by atoms with Crippen molar-refractivity contribution < 1.29 is 23.5 Å². The van der Waals surface area contributed by atoms with Crippen LogP contribution in [0.5, 0.6) is 11.5 Å². The average Bonchev–Trinajstić information content (AvgIpc) is 3.28. The highest BCUT2D eigenvalue weighted by Crippen LogP contribution is 2.44. The lowest BCUT2D eigenvalue weighted by molar-refractivity contribution is -0.834. The van der Waals surface area contributed by atoms with E-state index in [9.17, 15) is 4.79 Å². The van der Waals surface area contributed by atoms with Crippen LogP contribution in [0.3, 0.4) is 0 Å². The van der Waals surface area contributed by atoms with Crippen LogP contribution >= 0.6 is 0 Å². The lowest BCUT2D eigenvalue weighted by atomic mass is 10.0. The summed E-state index contributed by atoms with van der Waals surface area (Å²) in [6, 6.07) is 11.6. The molecule has 5 heteroatoms. The van der Waals surface area contributed by atoms with Crippen molar-refractivity contribution in [1.82, 2.24) is 0 Å². The van der Waals surface area contributed by atoms with E-state index >= 15 is 0 Å². The molecular formula is C23H26NO4+. The van der Waals surface area contributed by atoms with Gasteiger partial charge in [-0.15, -0.1) is 0 Å². The molecule has 2 fully saturated rings. The van der Waals surface area contributed by atoms with Crippen LogP contribution in [0, 0.1) is 0 Å². The Balaban J connectivity index is 1.39. The van der Waals surface area contributed by atoms with Gasteiger partial charge in [0, 0.05) is 16.7 Å². The van der Waals surface area contributed by atoms with Crippen molar-refractivity contribution in [1.29, 1.82) is 0 Å². The van der Waals surface area contributed by atoms with Crippen LogP contribution in [0.25, 0.3) is 11.1 Å². The zero-order valence-corrected chi connectivity index (χ0v) is 16.3. The molecule has 0 saturated carbocycles. The number of unbranched alkanes of at least 4 members (excludes halogenated alkanes) is 1. The van der Waals surface area contributed by atoms with Gasteiger partial charge in [-0.1, -0.05) is 25.5 Å². The van der Waals surface area contributed by atoms with Crippen molar-refractivity contribution >= 4 is 5.78 Å². The Hall–Kier alpha value is -2.37. The maximum atomic E-state index is 13.0. The highest BCUT2D eigenvalue weighted by atomic mass is 16.5. The monoisotopic (exact) mass is 380 g/mol. The molecule has 2 aliphatic heterocycles. The molecule has 28 heavy (non-hydrogen) atoms. The topological polar surface area (TPSA) is 44.8 Å². The third-order valence-corrected chi connectivity index (χ3v) is 6.16. The number of ether oxygens (including phenoxy) is 3. The molecule has 5 rings (SSSR count). The number of carbonyl (C=O) groups excluding carboxylic acids is 1. The van der Waals surface area contributed by atoms with Crippen LogP contribution in [0.4, 0.5) is 0 Å². The van der Waals surface area contributed by atoms with E-state index in [0.29, 0.717) is 12.2 Å². The summed E-state index contributed by atoms with van der Waals surface area (Å²) in [4.78, 5) is 13.0. The van der Waals surface area contributed by atoms with E-state index < -0.39 is 0 Å². The summed E-state index contributed by atoms with van der Waals surface area (Å²) in [6.45, 7) is 7.48. The third-order valence-electron chi connectivity index (χ3n) is 6.16. The molecule has 1 aliphatic carbocycles. The zero-order valence-electron chi connectivity index (χ0n) is 16.3. The van der Waals surface area contributed by atoms with E-state index in [-0.39, 0.29) is 12.0 Å². The van der Waals surface area contributed by atoms with Gasteiger partial charge in [-0.25, -0.2) is 0 Å². The van der Waals surface area contributed by atoms with Crippen molar-refractivity contribution in [3.63, 3.8) is 0 Å². The Bertz CT molecular complexity index is 917. The standard InChI is InChI=1S/C23H26NO4/c1-2-3-11-27-20-6-4-5-18-22(20)17-8-7-16(14-19(17)23(18)25)28-21-15-24(21)9-12-26-13-10-24/h4-8,14,21H,2-3,9-13,15H2,1H3/q+1. The summed E-state index contributed by atoms with van der Waals surface area (Å²) in [5.41, 5.74) is 3.32. The molecule has 2 aromatic rings. The van der Waals surface area contributed by atoms with Crippen molar-refractivity contribution in [2.24, 2.45) is 0 Å². The number of morpholine rings is 1. The number of carbonyl (C=O) groups is 1. The quantitative estimate of drug-likeness (QED) is 0.372. The van der Waals surface area contributed by atoms with E-state index in [1.54, 1.807) is 0 Å². The molecular weight excluding hydrogens is 354 g/mol. The minimum atomic E-state index is 0.0578. The number of hydrogen-bond acceptors (Lipinski definition) is 4. The molecule has 2 aromatic carbocycles. The fourth-order valence-corrected chi connectivity index (χ4v) is 4.34.